The molecule has 1 aromatic heterocycles. The number of hydrogen-bond acceptors (Lipinski definition) is 4. The molecular formula is C14H17NO3. The second-order valence-electron chi connectivity index (χ2n) is 4.46. The highest BCUT2D eigenvalue weighted by molar-refractivity contribution is 5.83. The molecule has 1 aliphatic heterocycles. The quantitative estimate of drug-likeness (QED) is 0.885. The summed E-state index contributed by atoms with van der Waals surface area (Å²) >= 11 is 0. The van der Waals surface area contributed by atoms with Gasteiger partial charge in [0.1, 0.15) is 11.3 Å². The zero-order chi connectivity index (χ0) is 12.4. The van der Waals surface area contributed by atoms with E-state index >= 15 is 0 Å². The van der Waals surface area contributed by atoms with E-state index in [1.807, 2.05) is 24.5 Å². The van der Waals surface area contributed by atoms with E-state index in [-0.39, 0.29) is 0 Å². The number of ether oxygens (including phenoxy) is 2. The van der Waals surface area contributed by atoms with Gasteiger partial charge in [0.05, 0.1) is 20.0 Å². The van der Waals surface area contributed by atoms with Crippen molar-refractivity contribution < 1.29 is 13.9 Å². The smallest absolute Gasteiger partial charge is 0.134 e. The molecule has 4 heteroatoms. The maximum atomic E-state index is 5.61. The van der Waals surface area contributed by atoms with Gasteiger partial charge in [0.25, 0.3) is 0 Å². The van der Waals surface area contributed by atoms with Gasteiger partial charge in [0.15, 0.2) is 0 Å². The standard InChI is InChI=1S/C14H17NO3/c1-16-10-2-3-14-11(8-10)12(9-18-14)13-4-6-17-7-5-15-13/h2-3,8-9,13,15H,4-7H2,1H3. The van der Waals surface area contributed by atoms with E-state index in [1.54, 1.807) is 7.11 Å². The normalized spacial score (nSPS) is 20.8. The Bertz CT molecular complexity index is 527. The van der Waals surface area contributed by atoms with Crippen molar-refractivity contribution in [2.24, 2.45) is 0 Å². The van der Waals surface area contributed by atoms with Gasteiger partial charge in [-0.1, -0.05) is 0 Å². The zero-order valence-corrected chi connectivity index (χ0v) is 10.4. The van der Waals surface area contributed by atoms with Crippen LogP contribution in [0.25, 0.3) is 11.0 Å². The summed E-state index contributed by atoms with van der Waals surface area (Å²) in [6.07, 6.45) is 2.80. The number of fused-ring (bicyclic) bond motifs is 1. The summed E-state index contributed by atoms with van der Waals surface area (Å²) in [5, 5.41) is 4.61. The lowest BCUT2D eigenvalue weighted by molar-refractivity contribution is 0.150. The second-order valence-corrected chi connectivity index (χ2v) is 4.46. The van der Waals surface area contributed by atoms with Crippen LogP contribution in [-0.2, 0) is 4.74 Å². The third-order valence-electron chi connectivity index (χ3n) is 3.37. The van der Waals surface area contributed by atoms with Crippen LogP contribution >= 0.6 is 0 Å². The topological polar surface area (TPSA) is 43.6 Å². The molecule has 1 aromatic carbocycles. The fourth-order valence-electron chi connectivity index (χ4n) is 2.40. The van der Waals surface area contributed by atoms with Gasteiger partial charge < -0.3 is 19.2 Å². The maximum absolute atomic E-state index is 5.61. The molecule has 0 spiro atoms. The van der Waals surface area contributed by atoms with Crippen molar-refractivity contribution in [2.45, 2.75) is 12.5 Å². The maximum Gasteiger partial charge on any atom is 0.134 e. The Morgan fingerprint density at radius 2 is 2.28 bits per heavy atom. The lowest BCUT2D eigenvalue weighted by Crippen LogP contribution is -2.21. The average molecular weight is 247 g/mol. The first kappa shape index (κ1) is 11.6. The third-order valence-corrected chi connectivity index (χ3v) is 3.37. The molecule has 1 fully saturated rings. The van der Waals surface area contributed by atoms with Crippen molar-refractivity contribution in [3.8, 4) is 5.75 Å². The second kappa shape index (κ2) is 5.00. The van der Waals surface area contributed by atoms with Crippen LogP contribution in [0.3, 0.4) is 0 Å². The van der Waals surface area contributed by atoms with Crippen LogP contribution in [0.1, 0.15) is 18.0 Å². The zero-order valence-electron chi connectivity index (χ0n) is 10.4. The highest BCUT2D eigenvalue weighted by atomic mass is 16.5. The van der Waals surface area contributed by atoms with Crippen LogP contribution in [-0.4, -0.2) is 26.9 Å². The first-order valence-corrected chi connectivity index (χ1v) is 6.25. The van der Waals surface area contributed by atoms with Gasteiger partial charge in [0, 0.05) is 30.1 Å². The van der Waals surface area contributed by atoms with E-state index in [2.05, 4.69) is 5.32 Å². The van der Waals surface area contributed by atoms with Gasteiger partial charge in [0.2, 0.25) is 0 Å². The molecule has 0 amide bonds. The Labute approximate surface area is 106 Å². The molecule has 1 N–H and O–H groups in total. The summed E-state index contributed by atoms with van der Waals surface area (Å²) in [7, 11) is 1.68. The van der Waals surface area contributed by atoms with E-state index < -0.39 is 0 Å². The molecule has 0 aliphatic carbocycles. The minimum atomic E-state index is 0.292. The van der Waals surface area contributed by atoms with Gasteiger partial charge in [-0.05, 0) is 24.6 Å². The van der Waals surface area contributed by atoms with Crippen LogP contribution in [0.2, 0.25) is 0 Å². The van der Waals surface area contributed by atoms with Gasteiger partial charge in [-0.2, -0.15) is 0 Å². The molecule has 0 radical (unpaired) electrons. The van der Waals surface area contributed by atoms with Crippen LogP contribution in [0.15, 0.2) is 28.9 Å². The van der Waals surface area contributed by atoms with Crippen molar-refractivity contribution in [3.63, 3.8) is 0 Å². The minimum Gasteiger partial charge on any atom is -0.497 e. The van der Waals surface area contributed by atoms with E-state index in [9.17, 15) is 0 Å². The molecule has 1 atom stereocenters. The fraction of sp³-hybridized carbons (Fsp3) is 0.429. The lowest BCUT2D eigenvalue weighted by Gasteiger charge is -2.13. The average Bonchev–Trinajstić information content (AvgIpc) is 2.64. The van der Waals surface area contributed by atoms with Crippen molar-refractivity contribution in [2.75, 3.05) is 26.9 Å². The van der Waals surface area contributed by atoms with Gasteiger partial charge in [-0.15, -0.1) is 0 Å². The summed E-state index contributed by atoms with van der Waals surface area (Å²) in [6, 6.07) is 6.19. The number of hydrogen-bond donors (Lipinski definition) is 1. The molecule has 0 saturated carbocycles. The molecule has 3 rings (SSSR count). The Hall–Kier alpha value is -1.52. The van der Waals surface area contributed by atoms with Crippen molar-refractivity contribution in [1.29, 1.82) is 0 Å². The van der Waals surface area contributed by atoms with E-state index in [1.165, 1.54) is 5.56 Å². The lowest BCUT2D eigenvalue weighted by atomic mass is 10.0. The molecule has 2 heterocycles. The Morgan fingerprint density at radius 1 is 1.33 bits per heavy atom. The number of rotatable bonds is 2. The monoisotopic (exact) mass is 247 g/mol. The molecule has 4 nitrogen and oxygen atoms in total. The predicted molar refractivity (Wildman–Crippen MR) is 68.9 cm³/mol. The Kier molecular flexibility index (Phi) is 3.21. The molecular weight excluding hydrogens is 230 g/mol. The number of methoxy groups -OCH3 is 1. The Morgan fingerprint density at radius 3 is 3.17 bits per heavy atom. The summed E-state index contributed by atoms with van der Waals surface area (Å²) in [6.45, 7) is 2.44. The van der Waals surface area contributed by atoms with Crippen molar-refractivity contribution in [3.05, 3.63) is 30.0 Å². The summed E-state index contributed by atoms with van der Waals surface area (Å²) in [4.78, 5) is 0. The molecule has 2 aromatic rings. The third kappa shape index (κ3) is 2.09. The van der Waals surface area contributed by atoms with Crippen LogP contribution < -0.4 is 10.1 Å². The molecule has 18 heavy (non-hydrogen) atoms. The molecule has 1 aliphatic rings. The van der Waals surface area contributed by atoms with Crippen LogP contribution in [0.4, 0.5) is 0 Å². The molecule has 96 valence electrons. The summed E-state index contributed by atoms with van der Waals surface area (Å²) < 4.78 is 16.3. The highest BCUT2D eigenvalue weighted by Crippen LogP contribution is 2.31. The molecule has 1 unspecified atom stereocenters. The van der Waals surface area contributed by atoms with E-state index in [4.69, 9.17) is 13.9 Å². The molecule has 1 saturated heterocycles. The van der Waals surface area contributed by atoms with E-state index in [0.29, 0.717) is 6.04 Å². The first-order valence-electron chi connectivity index (χ1n) is 6.25. The van der Waals surface area contributed by atoms with Crippen LogP contribution in [0, 0.1) is 0 Å². The van der Waals surface area contributed by atoms with E-state index in [0.717, 1.165) is 42.9 Å². The SMILES string of the molecule is COc1ccc2occ(C3CCOCCN3)c2c1. The van der Waals surface area contributed by atoms with Gasteiger partial charge in [-0.3, -0.25) is 0 Å². The van der Waals surface area contributed by atoms with Crippen molar-refractivity contribution in [1.82, 2.24) is 5.32 Å². The predicted octanol–water partition coefficient (Wildman–Crippen LogP) is 2.49. The van der Waals surface area contributed by atoms with Crippen molar-refractivity contribution >= 4 is 11.0 Å². The summed E-state index contributed by atoms with van der Waals surface area (Å²) in [5.41, 5.74) is 2.09. The number of nitrogens with one attached hydrogen (secondary N) is 1. The number of benzene rings is 1. The largest absolute Gasteiger partial charge is 0.497 e. The fourth-order valence-corrected chi connectivity index (χ4v) is 2.40. The first-order chi connectivity index (χ1) is 8.88. The summed E-state index contributed by atoms with van der Waals surface area (Å²) in [5.74, 6) is 0.857. The highest BCUT2D eigenvalue weighted by Gasteiger charge is 2.18. The minimum absolute atomic E-state index is 0.292. The Balaban J connectivity index is 1.99. The van der Waals surface area contributed by atoms with Gasteiger partial charge in [-0.25, -0.2) is 0 Å². The van der Waals surface area contributed by atoms with Crippen LogP contribution in [0.5, 0.6) is 5.75 Å². The van der Waals surface area contributed by atoms with Gasteiger partial charge >= 0.3 is 0 Å². The molecule has 0 bridgehead atoms. The number of furan rings is 1.